The van der Waals surface area contributed by atoms with Gasteiger partial charge in [0.15, 0.2) is 0 Å². The molecule has 1 saturated heterocycles. The molecule has 1 aliphatic rings. The fraction of sp³-hybridized carbons (Fsp3) is 0.471. The van der Waals surface area contributed by atoms with E-state index in [0.29, 0.717) is 12.6 Å². The van der Waals surface area contributed by atoms with Gasteiger partial charge in [0.25, 0.3) is 0 Å². The first-order chi connectivity index (χ1) is 10.3. The van der Waals surface area contributed by atoms with Crippen molar-refractivity contribution in [3.8, 4) is 0 Å². The summed E-state index contributed by atoms with van der Waals surface area (Å²) in [6.07, 6.45) is 6.44. The van der Waals surface area contributed by atoms with Crippen LogP contribution in [0.4, 0.5) is 4.79 Å². The molecular weight excluding hydrogens is 262 g/mol. The van der Waals surface area contributed by atoms with E-state index in [0.717, 1.165) is 25.8 Å². The molecule has 112 valence electrons. The molecule has 1 aromatic heterocycles. The van der Waals surface area contributed by atoms with Gasteiger partial charge in [-0.25, -0.2) is 4.79 Å². The highest BCUT2D eigenvalue weighted by Crippen LogP contribution is 2.25. The maximum absolute atomic E-state index is 12.2. The molecule has 4 nitrogen and oxygen atoms in total. The minimum Gasteiger partial charge on any atom is -0.361 e. The SMILES string of the molecule is CCNC(=O)N1CCCCC1Cc1c[nH]c2ccccc12. The minimum atomic E-state index is 0.0852. The number of piperidine rings is 1. The number of rotatable bonds is 3. The van der Waals surface area contributed by atoms with E-state index >= 15 is 0 Å². The second-order valence-electron chi connectivity index (χ2n) is 5.74. The molecule has 1 atom stereocenters. The van der Waals surface area contributed by atoms with Crippen LogP contribution < -0.4 is 5.32 Å². The monoisotopic (exact) mass is 285 g/mol. The van der Waals surface area contributed by atoms with Crippen LogP contribution in [0.3, 0.4) is 0 Å². The molecule has 2 heterocycles. The molecule has 1 fully saturated rings. The predicted molar refractivity (Wildman–Crippen MR) is 85.4 cm³/mol. The Morgan fingerprint density at radius 3 is 3.10 bits per heavy atom. The van der Waals surface area contributed by atoms with Crippen LogP contribution in [0.5, 0.6) is 0 Å². The zero-order chi connectivity index (χ0) is 14.7. The van der Waals surface area contributed by atoms with Crippen molar-refractivity contribution in [3.05, 3.63) is 36.0 Å². The third-order valence-electron chi connectivity index (χ3n) is 4.35. The summed E-state index contributed by atoms with van der Waals surface area (Å²) in [6, 6.07) is 8.76. The summed E-state index contributed by atoms with van der Waals surface area (Å²) in [5, 5.41) is 4.22. The van der Waals surface area contributed by atoms with Crippen molar-refractivity contribution in [2.45, 2.75) is 38.6 Å². The fourth-order valence-corrected chi connectivity index (χ4v) is 3.29. The van der Waals surface area contributed by atoms with E-state index < -0.39 is 0 Å². The number of likely N-dealkylation sites (tertiary alicyclic amines) is 1. The van der Waals surface area contributed by atoms with Gasteiger partial charge in [0, 0.05) is 36.2 Å². The summed E-state index contributed by atoms with van der Waals surface area (Å²) in [6.45, 7) is 3.53. The number of benzene rings is 1. The van der Waals surface area contributed by atoms with Gasteiger partial charge in [-0.3, -0.25) is 0 Å². The van der Waals surface area contributed by atoms with Gasteiger partial charge in [-0.2, -0.15) is 0 Å². The van der Waals surface area contributed by atoms with Gasteiger partial charge in [0.2, 0.25) is 0 Å². The highest BCUT2D eigenvalue weighted by Gasteiger charge is 2.27. The molecule has 21 heavy (non-hydrogen) atoms. The summed E-state index contributed by atoms with van der Waals surface area (Å²) in [5.41, 5.74) is 2.49. The Hall–Kier alpha value is -1.97. The Morgan fingerprint density at radius 2 is 2.24 bits per heavy atom. The van der Waals surface area contributed by atoms with Gasteiger partial charge in [-0.15, -0.1) is 0 Å². The molecule has 1 aliphatic heterocycles. The van der Waals surface area contributed by atoms with Gasteiger partial charge in [0.1, 0.15) is 0 Å². The summed E-state index contributed by atoms with van der Waals surface area (Å²) in [7, 11) is 0. The van der Waals surface area contributed by atoms with Crippen LogP contribution in [0.2, 0.25) is 0 Å². The molecule has 0 bridgehead atoms. The first kappa shape index (κ1) is 14.0. The zero-order valence-corrected chi connectivity index (χ0v) is 12.6. The highest BCUT2D eigenvalue weighted by molar-refractivity contribution is 5.83. The van der Waals surface area contributed by atoms with Crippen LogP contribution in [0, 0.1) is 0 Å². The molecule has 0 spiro atoms. The number of para-hydroxylation sites is 1. The predicted octanol–water partition coefficient (Wildman–Crippen LogP) is 3.29. The van der Waals surface area contributed by atoms with E-state index in [1.807, 2.05) is 17.9 Å². The van der Waals surface area contributed by atoms with Crippen molar-refractivity contribution in [1.29, 1.82) is 0 Å². The molecule has 2 N–H and O–H groups in total. The smallest absolute Gasteiger partial charge is 0.317 e. The summed E-state index contributed by atoms with van der Waals surface area (Å²) >= 11 is 0. The fourth-order valence-electron chi connectivity index (χ4n) is 3.29. The quantitative estimate of drug-likeness (QED) is 0.893. The second-order valence-corrected chi connectivity index (χ2v) is 5.74. The number of carbonyl (C=O) groups excluding carboxylic acids is 1. The molecule has 0 saturated carbocycles. The van der Waals surface area contributed by atoms with Crippen molar-refractivity contribution in [2.24, 2.45) is 0 Å². The Bertz CT molecular complexity index is 619. The lowest BCUT2D eigenvalue weighted by atomic mass is 9.95. The van der Waals surface area contributed by atoms with E-state index in [-0.39, 0.29) is 6.03 Å². The van der Waals surface area contributed by atoms with Gasteiger partial charge in [0.05, 0.1) is 0 Å². The van der Waals surface area contributed by atoms with Crippen molar-refractivity contribution in [3.63, 3.8) is 0 Å². The van der Waals surface area contributed by atoms with Crippen LogP contribution in [-0.4, -0.2) is 35.0 Å². The van der Waals surface area contributed by atoms with Gasteiger partial charge < -0.3 is 15.2 Å². The number of carbonyl (C=O) groups is 1. The molecule has 3 rings (SSSR count). The van der Waals surface area contributed by atoms with Crippen LogP contribution in [-0.2, 0) is 6.42 Å². The number of amides is 2. The van der Waals surface area contributed by atoms with Gasteiger partial charge in [-0.1, -0.05) is 18.2 Å². The zero-order valence-electron chi connectivity index (χ0n) is 12.6. The Kier molecular flexibility index (Phi) is 4.13. The molecule has 1 aromatic carbocycles. The van der Waals surface area contributed by atoms with Crippen molar-refractivity contribution < 1.29 is 4.79 Å². The Labute approximate surface area is 125 Å². The molecule has 4 heteroatoms. The number of aromatic nitrogens is 1. The van der Waals surface area contributed by atoms with E-state index in [2.05, 4.69) is 34.7 Å². The van der Waals surface area contributed by atoms with Crippen molar-refractivity contribution in [1.82, 2.24) is 15.2 Å². The largest absolute Gasteiger partial charge is 0.361 e. The molecule has 1 unspecified atom stereocenters. The van der Waals surface area contributed by atoms with Gasteiger partial charge in [-0.05, 0) is 44.2 Å². The number of urea groups is 1. The standard InChI is InChI=1S/C17H23N3O/c1-2-18-17(21)20-10-6-5-7-14(20)11-13-12-19-16-9-4-3-8-15(13)16/h3-4,8-9,12,14,19H,2,5-7,10-11H2,1H3,(H,18,21). The number of hydrogen-bond acceptors (Lipinski definition) is 1. The first-order valence-electron chi connectivity index (χ1n) is 7.89. The number of H-pyrrole nitrogens is 1. The normalized spacial score (nSPS) is 18.9. The highest BCUT2D eigenvalue weighted by atomic mass is 16.2. The van der Waals surface area contributed by atoms with E-state index in [4.69, 9.17) is 0 Å². The lowest BCUT2D eigenvalue weighted by Gasteiger charge is -2.35. The molecule has 0 radical (unpaired) electrons. The summed E-state index contributed by atoms with van der Waals surface area (Å²) in [4.78, 5) is 17.6. The van der Waals surface area contributed by atoms with E-state index in [9.17, 15) is 4.79 Å². The number of aromatic amines is 1. The molecule has 2 aromatic rings. The molecule has 2 amide bonds. The summed E-state index contributed by atoms with van der Waals surface area (Å²) < 4.78 is 0. The van der Waals surface area contributed by atoms with E-state index in [1.54, 1.807) is 0 Å². The van der Waals surface area contributed by atoms with Crippen LogP contribution in [0.15, 0.2) is 30.5 Å². The molecular formula is C17H23N3O. The van der Waals surface area contributed by atoms with Crippen molar-refractivity contribution in [2.75, 3.05) is 13.1 Å². The Balaban J connectivity index is 1.79. The van der Waals surface area contributed by atoms with E-state index in [1.165, 1.54) is 22.9 Å². The molecule has 0 aliphatic carbocycles. The second kappa shape index (κ2) is 6.20. The lowest BCUT2D eigenvalue weighted by Crippen LogP contribution is -2.49. The topological polar surface area (TPSA) is 48.1 Å². The number of hydrogen-bond donors (Lipinski definition) is 2. The maximum Gasteiger partial charge on any atom is 0.317 e. The Morgan fingerprint density at radius 1 is 1.38 bits per heavy atom. The maximum atomic E-state index is 12.2. The third-order valence-corrected chi connectivity index (χ3v) is 4.35. The third kappa shape index (κ3) is 2.89. The summed E-state index contributed by atoms with van der Waals surface area (Å²) in [5.74, 6) is 0. The van der Waals surface area contributed by atoms with Crippen molar-refractivity contribution >= 4 is 16.9 Å². The lowest BCUT2D eigenvalue weighted by molar-refractivity contribution is 0.151. The van der Waals surface area contributed by atoms with Crippen LogP contribution in [0.1, 0.15) is 31.7 Å². The first-order valence-corrected chi connectivity index (χ1v) is 7.89. The number of nitrogens with one attached hydrogen (secondary N) is 2. The number of nitrogens with zero attached hydrogens (tertiary/aromatic N) is 1. The van der Waals surface area contributed by atoms with Crippen LogP contribution in [0.25, 0.3) is 10.9 Å². The minimum absolute atomic E-state index is 0.0852. The average Bonchev–Trinajstić information content (AvgIpc) is 2.91. The van der Waals surface area contributed by atoms with Gasteiger partial charge >= 0.3 is 6.03 Å². The number of fused-ring (bicyclic) bond motifs is 1. The average molecular weight is 285 g/mol. The van der Waals surface area contributed by atoms with Crippen LogP contribution >= 0.6 is 0 Å².